The van der Waals surface area contributed by atoms with E-state index in [-0.39, 0.29) is 56.4 Å². The van der Waals surface area contributed by atoms with Gasteiger partial charge in [0.25, 0.3) is 0 Å². The molecule has 0 fully saturated rings. The first-order valence-corrected chi connectivity index (χ1v) is 9.11. The molecule has 0 amide bonds. The molecule has 0 heterocycles. The molecule has 28 heavy (non-hydrogen) atoms. The van der Waals surface area contributed by atoms with Crippen LogP contribution in [0.5, 0.6) is 0 Å². The predicted octanol–water partition coefficient (Wildman–Crippen LogP) is 0.792. The van der Waals surface area contributed by atoms with Gasteiger partial charge in [0.1, 0.15) is 0 Å². The van der Waals surface area contributed by atoms with Crippen LogP contribution in [-0.4, -0.2) is 0 Å². The second kappa shape index (κ2) is 10.4. The fourth-order valence-corrected chi connectivity index (χ4v) is 3.78. The predicted molar refractivity (Wildman–Crippen MR) is 108 cm³/mol. The van der Waals surface area contributed by atoms with Crippen LogP contribution in [0.1, 0.15) is 56.9 Å². The van der Waals surface area contributed by atoms with E-state index in [1.54, 1.807) is 0 Å². The minimum Gasteiger partial charge on any atom is -1.00 e. The van der Waals surface area contributed by atoms with Crippen molar-refractivity contribution in [1.82, 2.24) is 0 Å². The maximum atomic E-state index is 3.45. The van der Waals surface area contributed by atoms with Crippen molar-refractivity contribution in [2.24, 2.45) is 5.41 Å². The fourth-order valence-electron chi connectivity index (χ4n) is 3.78. The number of aryl methyl sites for hydroxylation is 2. The van der Waals surface area contributed by atoms with Gasteiger partial charge in [0.05, 0.1) is 0 Å². The van der Waals surface area contributed by atoms with Gasteiger partial charge in [-0.3, -0.25) is 6.08 Å². The van der Waals surface area contributed by atoms with E-state index in [1.165, 1.54) is 50.1 Å². The van der Waals surface area contributed by atoms with Crippen molar-refractivity contribution in [2.75, 3.05) is 0 Å². The summed E-state index contributed by atoms with van der Waals surface area (Å²) in [6.45, 7) is 15.2. The molecule has 2 aliphatic rings. The van der Waals surface area contributed by atoms with E-state index in [0.717, 1.165) is 6.42 Å². The van der Waals surface area contributed by atoms with Crippen LogP contribution in [0, 0.1) is 31.4 Å². The van der Waals surface area contributed by atoms with E-state index in [4.69, 9.17) is 0 Å². The minimum atomic E-state index is 0. The van der Waals surface area contributed by atoms with Crippen LogP contribution in [0.25, 0.3) is 11.1 Å². The van der Waals surface area contributed by atoms with E-state index in [0.29, 0.717) is 0 Å². The molecule has 3 heteroatoms. The van der Waals surface area contributed by atoms with Crippen molar-refractivity contribution >= 4 is 0 Å². The average molecular weight is 491 g/mol. The summed E-state index contributed by atoms with van der Waals surface area (Å²) in [6, 6.07) is 14.5. The van der Waals surface area contributed by atoms with Crippen molar-refractivity contribution in [3.63, 3.8) is 0 Å². The molecule has 0 spiro atoms. The van der Waals surface area contributed by atoms with Crippen LogP contribution >= 0.6 is 0 Å². The molecule has 0 radical (unpaired) electrons. The molecule has 0 N–H and O–H groups in total. The van der Waals surface area contributed by atoms with Gasteiger partial charge in [-0.15, -0.1) is 18.1 Å². The molecule has 0 atom stereocenters. The quantitative estimate of drug-likeness (QED) is 0.409. The average Bonchev–Trinajstić information content (AvgIpc) is 2.97. The number of fused-ring (bicyclic) bond motifs is 3. The summed E-state index contributed by atoms with van der Waals surface area (Å²) in [5.41, 5.74) is 12.5. The van der Waals surface area contributed by atoms with Crippen molar-refractivity contribution in [2.45, 2.75) is 54.9 Å². The first kappa shape index (κ1) is 27.4. The third-order valence-corrected chi connectivity index (χ3v) is 5.65. The Morgan fingerprint density at radius 2 is 1.46 bits per heavy atom. The van der Waals surface area contributed by atoms with Crippen LogP contribution in [0.2, 0.25) is 0 Å². The van der Waals surface area contributed by atoms with E-state index >= 15 is 0 Å². The SMILES string of the molecule is CC1=[C-]C(C)(C)C(C)=C1C.Cc1[c-]c2c(cc1)-c1ccc(C)cc1C2.[Cl-].[Cl-].[Zr+4]. The minimum absolute atomic E-state index is 0. The number of hydrogen-bond donors (Lipinski definition) is 0. The normalized spacial score (nSPS) is 15.0. The Morgan fingerprint density at radius 1 is 0.857 bits per heavy atom. The summed E-state index contributed by atoms with van der Waals surface area (Å²) in [5.74, 6) is 0. The van der Waals surface area contributed by atoms with Crippen LogP contribution in [0.15, 0.2) is 47.1 Å². The summed E-state index contributed by atoms with van der Waals surface area (Å²) in [6.07, 6.45) is 4.48. The number of hydrogen-bond acceptors (Lipinski definition) is 0. The van der Waals surface area contributed by atoms with Crippen LogP contribution in [0.4, 0.5) is 0 Å². The topological polar surface area (TPSA) is 0 Å². The molecule has 2 aliphatic carbocycles. The van der Waals surface area contributed by atoms with E-state index < -0.39 is 0 Å². The van der Waals surface area contributed by atoms with Crippen LogP contribution in [-0.2, 0) is 32.6 Å². The Labute approximate surface area is 202 Å². The molecule has 4 rings (SSSR count). The first-order chi connectivity index (χ1) is 11.7. The first-order valence-electron chi connectivity index (χ1n) is 9.11. The van der Waals surface area contributed by atoms with E-state index in [9.17, 15) is 0 Å². The zero-order chi connectivity index (χ0) is 18.4. The van der Waals surface area contributed by atoms with E-state index in [1.807, 2.05) is 0 Å². The number of allylic oxidation sites excluding steroid dienone is 4. The summed E-state index contributed by atoms with van der Waals surface area (Å²) in [7, 11) is 0. The van der Waals surface area contributed by atoms with Gasteiger partial charge in [0.15, 0.2) is 0 Å². The van der Waals surface area contributed by atoms with Gasteiger partial charge in [-0.25, -0.2) is 5.57 Å². The second-order valence-corrected chi connectivity index (χ2v) is 8.00. The Balaban J connectivity index is 0.000000503. The van der Waals surface area contributed by atoms with Gasteiger partial charge in [-0.1, -0.05) is 69.4 Å². The smallest absolute Gasteiger partial charge is 1.00 e. The summed E-state index contributed by atoms with van der Waals surface area (Å²) in [4.78, 5) is 0. The third-order valence-electron chi connectivity index (χ3n) is 5.65. The monoisotopic (exact) mass is 488 g/mol. The standard InChI is InChI=1S/C15H13.C10H15.2ClH.Zr/c1-10-3-5-14-12(7-10)9-13-8-11(2)4-6-15(13)14;1-7-6-10(4,5)9(3)8(7)2;;;/h3-7H,9H2,1-2H3;1-5H3;2*1H;/q2*-1;;;+4/p-2. The molecular formula is C25H28Cl2Zr. The molecule has 0 aromatic heterocycles. The van der Waals surface area contributed by atoms with E-state index in [2.05, 4.69) is 90.9 Å². The molecule has 0 nitrogen and oxygen atoms in total. The molecule has 0 bridgehead atoms. The zero-order valence-corrected chi connectivity index (χ0v) is 21.8. The molecule has 146 valence electrons. The molecule has 0 saturated carbocycles. The number of rotatable bonds is 0. The van der Waals surface area contributed by atoms with Crippen molar-refractivity contribution < 1.29 is 51.0 Å². The summed E-state index contributed by atoms with van der Waals surface area (Å²) >= 11 is 0. The Bertz CT molecular complexity index is 855. The Hall–Kier alpha value is -0.617. The Morgan fingerprint density at radius 3 is 1.96 bits per heavy atom. The largest absolute Gasteiger partial charge is 4.00 e. The molecular weight excluding hydrogens is 462 g/mol. The summed E-state index contributed by atoms with van der Waals surface area (Å²) < 4.78 is 0. The van der Waals surface area contributed by atoms with Crippen LogP contribution in [0.3, 0.4) is 0 Å². The number of halogens is 2. The second-order valence-electron chi connectivity index (χ2n) is 8.00. The maximum Gasteiger partial charge on any atom is 4.00 e. The van der Waals surface area contributed by atoms with Gasteiger partial charge in [-0.05, 0) is 18.9 Å². The van der Waals surface area contributed by atoms with Gasteiger partial charge in [0, 0.05) is 0 Å². The van der Waals surface area contributed by atoms with Gasteiger partial charge < -0.3 is 24.8 Å². The fraction of sp³-hybridized carbons (Fsp3) is 0.360. The van der Waals surface area contributed by atoms with Crippen molar-refractivity contribution in [3.8, 4) is 11.1 Å². The van der Waals surface area contributed by atoms with Gasteiger partial charge >= 0.3 is 26.2 Å². The van der Waals surface area contributed by atoms with Crippen molar-refractivity contribution in [1.29, 1.82) is 0 Å². The molecule has 0 aliphatic heterocycles. The van der Waals surface area contributed by atoms with Gasteiger partial charge in [-0.2, -0.15) is 34.9 Å². The molecule has 2 aromatic carbocycles. The number of benzene rings is 2. The maximum absolute atomic E-state index is 3.45. The van der Waals surface area contributed by atoms with Crippen molar-refractivity contribution in [3.05, 3.63) is 81.4 Å². The summed E-state index contributed by atoms with van der Waals surface area (Å²) in [5, 5.41) is 0. The molecule has 0 saturated heterocycles. The Kier molecular flexibility index (Phi) is 10.2. The molecule has 0 unspecified atom stereocenters. The molecule has 2 aromatic rings. The zero-order valence-electron chi connectivity index (χ0n) is 17.8. The van der Waals surface area contributed by atoms with Crippen LogP contribution < -0.4 is 24.8 Å². The third kappa shape index (κ3) is 5.50. The van der Waals surface area contributed by atoms with Gasteiger partial charge in [0.2, 0.25) is 0 Å².